The van der Waals surface area contributed by atoms with Gasteiger partial charge in [-0.05, 0) is 45.2 Å². The number of halogens is 2. The molecule has 1 aliphatic rings. The third kappa shape index (κ3) is 3.70. The summed E-state index contributed by atoms with van der Waals surface area (Å²) in [5.74, 6) is 0.398. The third-order valence-corrected chi connectivity index (χ3v) is 7.08. The van der Waals surface area contributed by atoms with Crippen LogP contribution in [0.15, 0.2) is 18.3 Å². The Morgan fingerprint density at radius 3 is 2.85 bits per heavy atom. The van der Waals surface area contributed by atoms with Crippen molar-refractivity contribution in [3.8, 4) is 11.3 Å². The number of fused-ring (bicyclic) bond motifs is 2. The molecule has 180 valence electrons. The molecule has 1 aromatic carbocycles. The van der Waals surface area contributed by atoms with Crippen molar-refractivity contribution in [2.45, 2.75) is 64.0 Å². The molecule has 0 bridgehead atoms. The Morgan fingerprint density at radius 1 is 1.32 bits per heavy atom. The first-order valence-electron chi connectivity index (χ1n) is 11.5. The van der Waals surface area contributed by atoms with Gasteiger partial charge in [0.25, 0.3) is 0 Å². The van der Waals surface area contributed by atoms with Crippen molar-refractivity contribution in [3.05, 3.63) is 29.0 Å². The minimum absolute atomic E-state index is 0.205. The number of aliphatic hydroxyl groups is 1. The van der Waals surface area contributed by atoms with Crippen molar-refractivity contribution >= 4 is 39.5 Å². The molecule has 0 unspecified atom stereocenters. The van der Waals surface area contributed by atoms with Crippen LogP contribution in [0.25, 0.3) is 33.3 Å². The van der Waals surface area contributed by atoms with Crippen LogP contribution in [-0.2, 0) is 6.61 Å². The quantitative estimate of drug-likeness (QED) is 0.392. The van der Waals surface area contributed by atoms with Crippen LogP contribution in [0.2, 0.25) is 5.02 Å². The second-order valence-electron chi connectivity index (χ2n) is 9.20. The molecule has 3 atom stereocenters. The predicted octanol–water partition coefficient (Wildman–Crippen LogP) is 3.75. The van der Waals surface area contributed by atoms with Crippen LogP contribution in [0.5, 0.6) is 0 Å². The molecular formula is C23H28ClFN8O. The van der Waals surface area contributed by atoms with E-state index in [0.717, 1.165) is 17.3 Å². The van der Waals surface area contributed by atoms with Gasteiger partial charge in [-0.1, -0.05) is 11.6 Å². The van der Waals surface area contributed by atoms with E-state index >= 15 is 0 Å². The molecule has 3 aromatic heterocycles. The van der Waals surface area contributed by atoms with Crippen LogP contribution in [0.4, 0.5) is 10.2 Å². The van der Waals surface area contributed by atoms with E-state index in [-0.39, 0.29) is 12.6 Å². The van der Waals surface area contributed by atoms with E-state index in [4.69, 9.17) is 17.3 Å². The molecule has 0 aliphatic heterocycles. The zero-order valence-corrected chi connectivity index (χ0v) is 20.1. The van der Waals surface area contributed by atoms with E-state index in [1.54, 1.807) is 11.9 Å². The summed E-state index contributed by atoms with van der Waals surface area (Å²) in [5.41, 5.74) is 9.25. The molecule has 0 radical (unpaired) electrons. The van der Waals surface area contributed by atoms with E-state index in [1.165, 1.54) is 0 Å². The monoisotopic (exact) mass is 486 g/mol. The molecule has 9 nitrogen and oxygen atoms in total. The highest BCUT2D eigenvalue weighted by molar-refractivity contribution is 6.38. The lowest BCUT2D eigenvalue weighted by Crippen LogP contribution is -2.51. The molecule has 5 rings (SSSR count). The largest absolute Gasteiger partial charge is 0.390 e. The van der Waals surface area contributed by atoms with Crippen molar-refractivity contribution in [2.24, 2.45) is 5.73 Å². The number of aromatic nitrogens is 6. The van der Waals surface area contributed by atoms with Crippen LogP contribution in [0, 0.1) is 0 Å². The van der Waals surface area contributed by atoms with Crippen molar-refractivity contribution in [1.82, 2.24) is 29.9 Å². The van der Waals surface area contributed by atoms with E-state index in [2.05, 4.69) is 39.1 Å². The average molecular weight is 487 g/mol. The third-order valence-electron chi connectivity index (χ3n) is 6.67. The summed E-state index contributed by atoms with van der Waals surface area (Å²) < 4.78 is 16.7. The minimum atomic E-state index is -1.19. The van der Waals surface area contributed by atoms with Crippen LogP contribution in [0.1, 0.15) is 44.8 Å². The summed E-state index contributed by atoms with van der Waals surface area (Å²) in [5, 5.41) is 23.3. The highest BCUT2D eigenvalue weighted by atomic mass is 35.5. The van der Waals surface area contributed by atoms with Crippen molar-refractivity contribution in [3.63, 3.8) is 0 Å². The van der Waals surface area contributed by atoms with Gasteiger partial charge in [-0.2, -0.15) is 10.2 Å². The molecule has 4 N–H and O–H groups in total. The van der Waals surface area contributed by atoms with E-state index in [0.29, 0.717) is 51.8 Å². The number of aromatic amines is 1. The van der Waals surface area contributed by atoms with Gasteiger partial charge < -0.3 is 15.7 Å². The Morgan fingerprint density at radius 2 is 2.12 bits per heavy atom. The normalized spacial score (nSPS) is 21.1. The Labute approximate surface area is 201 Å². The van der Waals surface area contributed by atoms with Gasteiger partial charge in [0.05, 0.1) is 28.9 Å². The van der Waals surface area contributed by atoms with Gasteiger partial charge in [0.2, 0.25) is 5.65 Å². The lowest BCUT2D eigenvalue weighted by atomic mass is 9.89. The lowest BCUT2D eigenvalue weighted by molar-refractivity contribution is 0.184. The molecule has 0 saturated heterocycles. The van der Waals surface area contributed by atoms with Crippen LogP contribution in [0.3, 0.4) is 0 Å². The maximum atomic E-state index is 14.9. The van der Waals surface area contributed by atoms with Gasteiger partial charge in [0.1, 0.15) is 17.4 Å². The Balaban J connectivity index is 1.58. The van der Waals surface area contributed by atoms with Crippen LogP contribution in [-0.4, -0.2) is 60.4 Å². The first-order valence-corrected chi connectivity index (χ1v) is 11.8. The molecule has 4 aromatic rings. The second-order valence-corrected chi connectivity index (χ2v) is 9.58. The summed E-state index contributed by atoms with van der Waals surface area (Å²) in [7, 11) is 1.76. The van der Waals surface area contributed by atoms with Crippen molar-refractivity contribution < 1.29 is 9.50 Å². The molecule has 0 spiro atoms. The fourth-order valence-electron chi connectivity index (χ4n) is 4.70. The smallest absolute Gasteiger partial charge is 0.202 e. The number of rotatable bonds is 5. The highest BCUT2D eigenvalue weighted by Crippen LogP contribution is 2.37. The zero-order valence-electron chi connectivity index (χ0n) is 19.3. The average Bonchev–Trinajstić information content (AvgIpc) is 3.44. The van der Waals surface area contributed by atoms with E-state index < -0.39 is 18.3 Å². The molecule has 3 heterocycles. The zero-order chi connectivity index (χ0) is 24.1. The Kier molecular flexibility index (Phi) is 5.91. The topological polar surface area (TPSA) is 122 Å². The number of nitrogens with zero attached hydrogens (tertiary/aromatic N) is 6. The summed E-state index contributed by atoms with van der Waals surface area (Å²) >= 11 is 6.78. The highest BCUT2D eigenvalue weighted by Gasteiger charge is 2.35. The number of benzene rings is 1. The molecular weight excluding hydrogens is 459 g/mol. The summed E-state index contributed by atoms with van der Waals surface area (Å²) in [6, 6.07) is 3.03. The molecule has 1 saturated carbocycles. The van der Waals surface area contributed by atoms with E-state index in [9.17, 15) is 9.50 Å². The lowest BCUT2D eigenvalue weighted by Gasteiger charge is -2.38. The van der Waals surface area contributed by atoms with Gasteiger partial charge in [-0.15, -0.1) is 0 Å². The molecule has 1 aliphatic carbocycles. The fraction of sp³-hybridized carbons (Fsp3) is 0.478. The first kappa shape index (κ1) is 22.9. The molecule has 0 amide bonds. The second kappa shape index (κ2) is 8.75. The summed E-state index contributed by atoms with van der Waals surface area (Å²) in [6.07, 6.45) is 2.88. The number of anilines is 1. The SMILES string of the molecule is CC(C)n1cc2c(Cl)c(-c3[nH]nc4nc(N(C)[C@@H]5CCC[C@H](N)[C@@H]5F)c(CO)nc34)ccc2n1. The van der Waals surface area contributed by atoms with Gasteiger partial charge >= 0.3 is 0 Å². The Bertz CT molecular complexity index is 1350. The molecule has 11 heteroatoms. The van der Waals surface area contributed by atoms with Crippen LogP contribution < -0.4 is 10.6 Å². The van der Waals surface area contributed by atoms with Crippen LogP contribution >= 0.6 is 11.6 Å². The van der Waals surface area contributed by atoms with Gasteiger partial charge in [0.15, 0.2) is 5.82 Å². The maximum Gasteiger partial charge on any atom is 0.202 e. The van der Waals surface area contributed by atoms with Gasteiger partial charge in [-0.3, -0.25) is 9.78 Å². The number of nitrogens with two attached hydrogens (primary N) is 1. The number of nitrogens with one attached hydrogen (secondary N) is 1. The predicted molar refractivity (Wildman–Crippen MR) is 131 cm³/mol. The van der Waals surface area contributed by atoms with E-state index in [1.807, 2.05) is 23.0 Å². The fourth-order valence-corrected chi connectivity index (χ4v) is 5.01. The molecule has 1 fully saturated rings. The van der Waals surface area contributed by atoms with Crippen molar-refractivity contribution in [1.29, 1.82) is 0 Å². The van der Waals surface area contributed by atoms with Gasteiger partial charge in [-0.25, -0.2) is 14.4 Å². The standard InChI is InChI=1S/C23H28ClFN8O/c1-11(2)33-9-13-15(31-33)8-7-12(18(13)24)20-21-22(30-29-20)28-23(16(10-34)27-21)32(3)17-6-4-5-14(26)19(17)25/h7-9,11,14,17,19,34H,4-6,10,26H2,1-3H3,(H,28,29,30)/t14-,17+,19-/m0/s1. The Hall–Kier alpha value is -2.82. The number of aliphatic hydroxyl groups excluding tert-OH is 1. The number of H-pyrrole nitrogens is 1. The minimum Gasteiger partial charge on any atom is -0.390 e. The van der Waals surface area contributed by atoms with Crippen molar-refractivity contribution in [2.75, 3.05) is 11.9 Å². The maximum absolute atomic E-state index is 14.9. The number of hydrogen-bond donors (Lipinski definition) is 3. The molecule has 34 heavy (non-hydrogen) atoms. The number of hydrogen-bond acceptors (Lipinski definition) is 7. The summed E-state index contributed by atoms with van der Waals surface area (Å²) in [6.45, 7) is 3.75. The summed E-state index contributed by atoms with van der Waals surface area (Å²) in [4.78, 5) is 11.0. The first-order chi connectivity index (χ1) is 16.3. The van der Waals surface area contributed by atoms with Gasteiger partial charge in [0, 0.05) is 36.3 Å². The number of alkyl halides is 1.